The lowest BCUT2D eigenvalue weighted by Gasteiger charge is -1.98. The Morgan fingerprint density at radius 2 is 1.84 bits per heavy atom. The number of unbranched alkanes of at least 4 members (excludes halogenated alkanes) is 3. The van der Waals surface area contributed by atoms with E-state index in [2.05, 4.69) is 46.0 Å². The molecule has 0 aliphatic heterocycles. The number of rotatable bonds is 9. The third-order valence-corrected chi connectivity index (χ3v) is 3.49. The minimum Gasteiger partial charge on any atom is -0.345 e. The SMILES string of the molecule is CC.CCCCCCOO.NCc1ncc(CCc2ccccc2)[nH]1.[HH].[HH]. The van der Waals surface area contributed by atoms with Crippen LogP contribution in [0.15, 0.2) is 36.5 Å². The number of imidazole rings is 1. The zero-order valence-corrected chi connectivity index (χ0v) is 16.0. The van der Waals surface area contributed by atoms with Crippen LogP contribution in [0.1, 0.15) is 66.4 Å². The van der Waals surface area contributed by atoms with Crippen molar-refractivity contribution >= 4 is 0 Å². The normalized spacial score (nSPS) is 9.64. The molecule has 146 valence electrons. The van der Waals surface area contributed by atoms with E-state index in [0.29, 0.717) is 13.2 Å². The maximum absolute atomic E-state index is 7.87. The minimum atomic E-state index is 0. The van der Waals surface area contributed by atoms with E-state index in [-0.39, 0.29) is 2.85 Å². The zero-order chi connectivity index (χ0) is 18.8. The van der Waals surface area contributed by atoms with Crippen LogP contribution in [-0.2, 0) is 24.3 Å². The highest BCUT2D eigenvalue weighted by molar-refractivity contribution is 5.16. The van der Waals surface area contributed by atoms with Crippen LogP contribution in [0.2, 0.25) is 0 Å². The molecule has 0 saturated heterocycles. The van der Waals surface area contributed by atoms with E-state index < -0.39 is 0 Å². The predicted octanol–water partition coefficient (Wildman–Crippen LogP) is 5.23. The molecule has 0 fully saturated rings. The molecule has 25 heavy (non-hydrogen) atoms. The highest BCUT2D eigenvalue weighted by atomic mass is 17.1. The maximum atomic E-state index is 7.87. The number of aromatic nitrogens is 2. The Hall–Kier alpha value is -1.69. The van der Waals surface area contributed by atoms with Crippen molar-refractivity contribution in [3.8, 4) is 0 Å². The molecule has 5 heteroatoms. The van der Waals surface area contributed by atoms with Crippen molar-refractivity contribution in [2.24, 2.45) is 5.73 Å². The molecule has 2 rings (SSSR count). The number of hydrogen-bond donors (Lipinski definition) is 3. The molecule has 2 aromatic rings. The van der Waals surface area contributed by atoms with Gasteiger partial charge in [-0.05, 0) is 24.8 Å². The monoisotopic (exact) mass is 353 g/mol. The lowest BCUT2D eigenvalue weighted by atomic mass is 10.1. The highest BCUT2D eigenvalue weighted by Gasteiger charge is 1.99. The molecule has 0 aliphatic carbocycles. The largest absolute Gasteiger partial charge is 0.345 e. The average molecular weight is 354 g/mol. The molecule has 0 bridgehead atoms. The van der Waals surface area contributed by atoms with Crippen LogP contribution in [0.25, 0.3) is 0 Å². The summed E-state index contributed by atoms with van der Waals surface area (Å²) in [5, 5.41) is 7.87. The van der Waals surface area contributed by atoms with E-state index in [0.717, 1.165) is 37.2 Å². The minimum absolute atomic E-state index is 0. The van der Waals surface area contributed by atoms with Crippen LogP contribution in [-0.4, -0.2) is 21.8 Å². The van der Waals surface area contributed by atoms with Crippen LogP contribution >= 0.6 is 0 Å². The lowest BCUT2D eigenvalue weighted by Crippen LogP contribution is -1.98. The average Bonchev–Trinajstić information content (AvgIpc) is 3.15. The Labute approximate surface area is 155 Å². The van der Waals surface area contributed by atoms with Gasteiger partial charge in [-0.1, -0.05) is 70.4 Å². The van der Waals surface area contributed by atoms with Gasteiger partial charge < -0.3 is 10.7 Å². The molecule has 0 radical (unpaired) electrons. The molecule has 0 saturated carbocycles. The third kappa shape index (κ3) is 12.3. The summed E-state index contributed by atoms with van der Waals surface area (Å²) >= 11 is 0. The number of nitrogens with one attached hydrogen (secondary N) is 1. The number of hydrogen-bond acceptors (Lipinski definition) is 4. The number of aromatic amines is 1. The summed E-state index contributed by atoms with van der Waals surface area (Å²) in [6.45, 7) is 7.12. The summed E-state index contributed by atoms with van der Waals surface area (Å²) < 4.78 is 0. The molecule has 1 aromatic heterocycles. The summed E-state index contributed by atoms with van der Waals surface area (Å²) in [7, 11) is 0. The second kappa shape index (κ2) is 17.1. The Kier molecular flexibility index (Phi) is 16.0. The van der Waals surface area contributed by atoms with E-state index >= 15 is 0 Å². The van der Waals surface area contributed by atoms with Gasteiger partial charge in [0.15, 0.2) is 0 Å². The second-order valence-corrected chi connectivity index (χ2v) is 5.44. The van der Waals surface area contributed by atoms with Gasteiger partial charge in [0.1, 0.15) is 5.82 Å². The first-order valence-electron chi connectivity index (χ1n) is 9.33. The Bertz CT molecular complexity index is 505. The van der Waals surface area contributed by atoms with Crippen LogP contribution < -0.4 is 5.73 Å². The summed E-state index contributed by atoms with van der Waals surface area (Å²) in [5.41, 5.74) is 7.98. The van der Waals surface area contributed by atoms with Gasteiger partial charge in [0.2, 0.25) is 0 Å². The lowest BCUT2D eigenvalue weighted by molar-refractivity contribution is -0.242. The Balaban J connectivity index is -0.000000418. The molecule has 0 spiro atoms. The summed E-state index contributed by atoms with van der Waals surface area (Å²) in [6.07, 6.45) is 8.49. The number of nitrogens with two attached hydrogens (primary N) is 1. The number of benzene rings is 1. The number of nitrogens with zero attached hydrogens (tertiary/aromatic N) is 1. The van der Waals surface area contributed by atoms with Crippen molar-refractivity contribution in [3.05, 3.63) is 53.6 Å². The fraction of sp³-hybridized carbons (Fsp3) is 0.550. The fourth-order valence-corrected chi connectivity index (χ4v) is 2.15. The maximum Gasteiger partial charge on any atom is 0.120 e. The molecule has 1 aromatic carbocycles. The van der Waals surface area contributed by atoms with Crippen molar-refractivity contribution in [1.29, 1.82) is 0 Å². The first kappa shape index (κ1) is 23.3. The van der Waals surface area contributed by atoms with Gasteiger partial charge in [0.05, 0.1) is 13.2 Å². The van der Waals surface area contributed by atoms with Gasteiger partial charge in [0.25, 0.3) is 0 Å². The van der Waals surface area contributed by atoms with Gasteiger partial charge in [0, 0.05) is 14.7 Å². The molecular weight excluding hydrogens is 314 g/mol. The molecule has 0 atom stereocenters. The molecule has 0 unspecified atom stereocenters. The van der Waals surface area contributed by atoms with Gasteiger partial charge in [-0.25, -0.2) is 9.87 Å². The molecule has 4 N–H and O–H groups in total. The summed E-state index contributed by atoms with van der Waals surface area (Å²) in [4.78, 5) is 11.3. The van der Waals surface area contributed by atoms with Gasteiger partial charge >= 0.3 is 0 Å². The van der Waals surface area contributed by atoms with E-state index in [9.17, 15) is 0 Å². The van der Waals surface area contributed by atoms with Gasteiger partial charge in [-0.15, -0.1) is 0 Å². The quantitative estimate of drug-likeness (QED) is 0.327. The summed E-state index contributed by atoms with van der Waals surface area (Å²) in [5.74, 6) is 0.859. The molecular formula is C20H39N3O2. The number of aryl methyl sites for hydroxylation is 2. The van der Waals surface area contributed by atoms with E-state index in [1.807, 2.05) is 26.1 Å². The first-order valence-corrected chi connectivity index (χ1v) is 9.33. The zero-order valence-electron chi connectivity index (χ0n) is 16.0. The van der Waals surface area contributed by atoms with E-state index in [1.165, 1.54) is 18.4 Å². The first-order chi connectivity index (χ1) is 12.3. The van der Waals surface area contributed by atoms with Crippen molar-refractivity contribution in [1.82, 2.24) is 9.97 Å². The van der Waals surface area contributed by atoms with Crippen LogP contribution in [0.5, 0.6) is 0 Å². The van der Waals surface area contributed by atoms with Crippen LogP contribution in [0.4, 0.5) is 0 Å². The van der Waals surface area contributed by atoms with E-state index in [4.69, 9.17) is 11.0 Å². The van der Waals surface area contributed by atoms with Crippen molar-refractivity contribution in [2.75, 3.05) is 6.61 Å². The van der Waals surface area contributed by atoms with Gasteiger partial charge in [-0.3, -0.25) is 5.26 Å². The Morgan fingerprint density at radius 1 is 1.12 bits per heavy atom. The van der Waals surface area contributed by atoms with Gasteiger partial charge in [-0.2, -0.15) is 0 Å². The number of H-pyrrole nitrogens is 1. The van der Waals surface area contributed by atoms with Crippen molar-refractivity contribution < 1.29 is 13.0 Å². The molecule has 5 nitrogen and oxygen atoms in total. The Morgan fingerprint density at radius 3 is 2.40 bits per heavy atom. The van der Waals surface area contributed by atoms with Crippen LogP contribution in [0.3, 0.4) is 0 Å². The standard InChI is InChI=1S/C12H15N3.C6H14O2.C2H6.2H2/c13-8-12-14-9-11(15-12)7-6-10-4-2-1-3-5-10;1-2-3-4-5-6-8-7;1-2;;/h1-5,9H,6-8,13H2,(H,14,15);7H,2-6H2,1H3;1-2H3;2*1H. The van der Waals surface area contributed by atoms with Crippen molar-refractivity contribution in [2.45, 2.75) is 65.8 Å². The third-order valence-electron chi connectivity index (χ3n) is 3.49. The molecule has 0 amide bonds. The fourth-order valence-electron chi connectivity index (χ4n) is 2.15. The second-order valence-electron chi connectivity index (χ2n) is 5.44. The van der Waals surface area contributed by atoms with Crippen molar-refractivity contribution in [3.63, 3.8) is 0 Å². The molecule has 0 aliphatic rings. The summed E-state index contributed by atoms with van der Waals surface area (Å²) in [6, 6.07) is 10.4. The van der Waals surface area contributed by atoms with E-state index in [1.54, 1.807) is 0 Å². The van der Waals surface area contributed by atoms with Crippen LogP contribution in [0, 0.1) is 0 Å². The highest BCUT2D eigenvalue weighted by Crippen LogP contribution is 2.05. The predicted molar refractivity (Wildman–Crippen MR) is 109 cm³/mol. The topological polar surface area (TPSA) is 84.2 Å². The smallest absolute Gasteiger partial charge is 0.120 e. The molecule has 1 heterocycles.